The molecule has 5 aromatic rings. The Balaban J connectivity index is 1.43. The summed E-state index contributed by atoms with van der Waals surface area (Å²) in [7, 11) is 0. The van der Waals surface area contributed by atoms with Crippen molar-refractivity contribution in [3.8, 4) is 28.5 Å². The minimum atomic E-state index is -0.461. The van der Waals surface area contributed by atoms with Gasteiger partial charge in [-0.3, -0.25) is 4.79 Å². The van der Waals surface area contributed by atoms with Gasteiger partial charge in [0.1, 0.15) is 11.5 Å². The molecule has 0 saturated carbocycles. The molecule has 0 unspecified atom stereocenters. The van der Waals surface area contributed by atoms with Crippen molar-refractivity contribution in [3.63, 3.8) is 0 Å². The van der Waals surface area contributed by atoms with Crippen LogP contribution in [0.15, 0.2) is 69.6 Å². The molecule has 0 fully saturated rings. The third kappa shape index (κ3) is 4.04. The Morgan fingerprint density at radius 3 is 2.67 bits per heavy atom. The number of benzene rings is 2. The number of anilines is 1. The number of aromatic nitrogens is 2. The lowest BCUT2D eigenvalue weighted by Gasteiger charge is -2.09. The van der Waals surface area contributed by atoms with Gasteiger partial charge in [0.15, 0.2) is 17.0 Å². The second-order valence-corrected chi connectivity index (χ2v) is 8.09. The average molecular weight is 480 g/mol. The summed E-state index contributed by atoms with van der Waals surface area (Å²) >= 11 is 12.0. The predicted molar refractivity (Wildman–Crippen MR) is 126 cm³/mol. The molecular formula is C24H15Cl2N3O4. The van der Waals surface area contributed by atoms with Crippen LogP contribution < -0.4 is 5.32 Å². The molecule has 3 heterocycles. The fourth-order valence-electron chi connectivity index (χ4n) is 3.36. The van der Waals surface area contributed by atoms with Crippen LogP contribution in [0.4, 0.5) is 5.69 Å². The zero-order valence-electron chi connectivity index (χ0n) is 17.1. The van der Waals surface area contributed by atoms with E-state index in [1.165, 1.54) is 0 Å². The van der Waals surface area contributed by atoms with Gasteiger partial charge in [0.25, 0.3) is 5.91 Å². The Morgan fingerprint density at radius 1 is 1.03 bits per heavy atom. The lowest BCUT2D eigenvalue weighted by molar-refractivity contribution is 0.0997. The third-order valence-electron chi connectivity index (χ3n) is 4.99. The van der Waals surface area contributed by atoms with Gasteiger partial charge in [-0.05, 0) is 67.1 Å². The average Bonchev–Trinajstić information content (AvgIpc) is 3.45. The highest BCUT2D eigenvalue weighted by Crippen LogP contribution is 2.36. The second-order valence-electron chi connectivity index (χ2n) is 7.28. The van der Waals surface area contributed by atoms with Crippen LogP contribution in [0.1, 0.15) is 16.1 Å². The molecule has 1 amide bonds. The minimum absolute atomic E-state index is 0.000503. The normalized spacial score (nSPS) is 11.1. The van der Waals surface area contributed by atoms with Gasteiger partial charge in [-0.25, -0.2) is 4.98 Å². The molecule has 3 aromatic heterocycles. The third-order valence-corrected chi connectivity index (χ3v) is 5.73. The number of pyridine rings is 1. The molecule has 0 spiro atoms. The molecule has 2 N–H and O–H groups in total. The van der Waals surface area contributed by atoms with Crippen LogP contribution in [0.5, 0.6) is 5.75 Å². The van der Waals surface area contributed by atoms with Crippen molar-refractivity contribution in [2.24, 2.45) is 0 Å². The quantitative estimate of drug-likeness (QED) is 0.277. The Morgan fingerprint density at radius 2 is 1.88 bits per heavy atom. The molecule has 33 heavy (non-hydrogen) atoms. The maximum Gasteiger partial charge on any atom is 0.291 e. The minimum Gasteiger partial charge on any atom is -0.507 e. The Kier molecular flexibility index (Phi) is 5.28. The zero-order chi connectivity index (χ0) is 23.1. The van der Waals surface area contributed by atoms with Crippen molar-refractivity contribution in [2.75, 3.05) is 5.32 Å². The molecule has 7 nitrogen and oxygen atoms in total. The molecule has 5 rings (SSSR count). The van der Waals surface area contributed by atoms with Crippen molar-refractivity contribution in [1.82, 2.24) is 9.97 Å². The van der Waals surface area contributed by atoms with E-state index in [1.807, 2.05) is 0 Å². The fourth-order valence-corrected chi connectivity index (χ4v) is 3.65. The molecule has 0 aliphatic rings. The van der Waals surface area contributed by atoms with Crippen LogP contribution in [-0.2, 0) is 0 Å². The number of aryl methyl sites for hydroxylation is 1. The molecule has 0 atom stereocenters. The summed E-state index contributed by atoms with van der Waals surface area (Å²) in [5, 5.41) is 14.1. The van der Waals surface area contributed by atoms with Crippen molar-refractivity contribution >= 4 is 46.0 Å². The largest absolute Gasteiger partial charge is 0.507 e. The lowest BCUT2D eigenvalue weighted by Crippen LogP contribution is -2.11. The van der Waals surface area contributed by atoms with Crippen LogP contribution in [-0.4, -0.2) is 21.0 Å². The molecule has 0 saturated heterocycles. The number of halogens is 2. The highest BCUT2D eigenvalue weighted by atomic mass is 35.5. The first-order chi connectivity index (χ1) is 15.9. The summed E-state index contributed by atoms with van der Waals surface area (Å²) in [6.07, 6.45) is 1.60. The van der Waals surface area contributed by atoms with Crippen molar-refractivity contribution in [1.29, 1.82) is 0 Å². The van der Waals surface area contributed by atoms with E-state index in [1.54, 1.807) is 67.7 Å². The number of phenols is 1. The van der Waals surface area contributed by atoms with E-state index in [4.69, 9.17) is 32.0 Å². The number of rotatable bonds is 4. The summed E-state index contributed by atoms with van der Waals surface area (Å²) in [4.78, 5) is 21.3. The molecule has 0 aliphatic heterocycles. The van der Waals surface area contributed by atoms with Gasteiger partial charge < -0.3 is 19.3 Å². The number of carbonyl (C=O) groups is 1. The number of aromatic hydroxyl groups is 1. The number of carbonyl (C=O) groups excluding carboxylic acids is 1. The molecule has 0 radical (unpaired) electrons. The van der Waals surface area contributed by atoms with Crippen LogP contribution in [0.2, 0.25) is 10.0 Å². The van der Waals surface area contributed by atoms with Gasteiger partial charge in [-0.2, -0.15) is 4.98 Å². The highest BCUT2D eigenvalue weighted by molar-refractivity contribution is 6.42. The van der Waals surface area contributed by atoms with E-state index < -0.39 is 5.91 Å². The fraction of sp³-hybridized carbons (Fsp3) is 0.0417. The van der Waals surface area contributed by atoms with Crippen molar-refractivity contribution < 1.29 is 18.7 Å². The number of oxazole rings is 1. The van der Waals surface area contributed by atoms with Gasteiger partial charge in [0.2, 0.25) is 5.89 Å². The Labute approximate surface area is 197 Å². The van der Waals surface area contributed by atoms with Crippen LogP contribution in [0, 0.1) is 6.92 Å². The van der Waals surface area contributed by atoms with Crippen molar-refractivity contribution in [3.05, 3.63) is 82.2 Å². The van der Waals surface area contributed by atoms with Crippen molar-refractivity contribution in [2.45, 2.75) is 6.92 Å². The van der Waals surface area contributed by atoms with E-state index in [2.05, 4.69) is 15.3 Å². The first kappa shape index (κ1) is 21.1. The maximum atomic E-state index is 12.8. The Bertz CT molecular complexity index is 1490. The molecule has 2 aromatic carbocycles. The van der Waals surface area contributed by atoms with Gasteiger partial charge in [-0.1, -0.05) is 23.2 Å². The van der Waals surface area contributed by atoms with E-state index in [0.717, 1.165) is 0 Å². The van der Waals surface area contributed by atoms with E-state index in [-0.39, 0.29) is 17.4 Å². The first-order valence-electron chi connectivity index (χ1n) is 9.81. The maximum absolute atomic E-state index is 12.8. The summed E-state index contributed by atoms with van der Waals surface area (Å²) in [5.41, 5.74) is 2.91. The van der Waals surface area contributed by atoms with Gasteiger partial charge in [0.05, 0.1) is 15.6 Å². The molecular weight excluding hydrogens is 465 g/mol. The van der Waals surface area contributed by atoms with E-state index >= 15 is 0 Å². The summed E-state index contributed by atoms with van der Waals surface area (Å²) in [6, 6.07) is 15.0. The standard InChI is InChI=1S/C24H15Cl2N3O4/c1-12-9-14(11-15(21(12)30)24-29-22-19(33-24)3-2-8-27-22)28-23(31)20-7-6-18(32-20)13-4-5-16(25)17(26)10-13/h2-11,30H,1H3,(H,28,31). The van der Waals surface area contributed by atoms with Crippen LogP contribution in [0.25, 0.3) is 34.0 Å². The number of hydrogen-bond acceptors (Lipinski definition) is 6. The lowest BCUT2D eigenvalue weighted by atomic mass is 10.1. The highest BCUT2D eigenvalue weighted by Gasteiger charge is 2.18. The Hall–Kier alpha value is -3.81. The summed E-state index contributed by atoms with van der Waals surface area (Å²) in [5.74, 6) is 0.311. The molecule has 9 heteroatoms. The summed E-state index contributed by atoms with van der Waals surface area (Å²) in [6.45, 7) is 1.71. The number of fused-ring (bicyclic) bond motifs is 1. The SMILES string of the molecule is Cc1cc(NC(=O)c2ccc(-c3ccc(Cl)c(Cl)c3)o2)cc(-c2nc3ncccc3o2)c1O. The molecule has 164 valence electrons. The monoisotopic (exact) mass is 479 g/mol. The number of hydrogen-bond donors (Lipinski definition) is 2. The van der Waals surface area contributed by atoms with Crippen LogP contribution in [0.3, 0.4) is 0 Å². The summed E-state index contributed by atoms with van der Waals surface area (Å²) < 4.78 is 11.4. The predicted octanol–water partition coefficient (Wildman–Crippen LogP) is 6.72. The number of nitrogens with one attached hydrogen (secondary N) is 1. The van der Waals surface area contributed by atoms with E-state index in [9.17, 15) is 9.90 Å². The zero-order valence-corrected chi connectivity index (χ0v) is 18.6. The molecule has 0 aliphatic carbocycles. The first-order valence-corrected chi connectivity index (χ1v) is 10.6. The van der Waals surface area contributed by atoms with Crippen LogP contribution >= 0.6 is 23.2 Å². The topological polar surface area (TPSA) is 101 Å². The number of amides is 1. The number of phenolic OH excluding ortho intramolecular Hbond substituents is 1. The molecule has 0 bridgehead atoms. The smallest absolute Gasteiger partial charge is 0.291 e. The van der Waals surface area contributed by atoms with Gasteiger partial charge in [-0.15, -0.1) is 0 Å². The van der Waals surface area contributed by atoms with Gasteiger partial charge >= 0.3 is 0 Å². The number of furan rings is 1. The van der Waals surface area contributed by atoms with Gasteiger partial charge in [0, 0.05) is 17.4 Å². The van der Waals surface area contributed by atoms with E-state index in [0.29, 0.717) is 49.4 Å². The second kappa shape index (κ2) is 8.27. The number of nitrogens with zero attached hydrogens (tertiary/aromatic N) is 2.